The topological polar surface area (TPSA) is 59.9 Å². The van der Waals surface area contributed by atoms with Gasteiger partial charge in [0.05, 0.1) is 6.54 Å². The van der Waals surface area contributed by atoms with Gasteiger partial charge in [-0.2, -0.15) is 0 Å². The molecule has 0 radical (unpaired) electrons. The molecule has 1 aromatic carbocycles. The summed E-state index contributed by atoms with van der Waals surface area (Å²) in [6.07, 6.45) is 0.613. The van der Waals surface area contributed by atoms with E-state index in [1.165, 1.54) is 29.2 Å². The van der Waals surface area contributed by atoms with E-state index in [0.717, 1.165) is 37.6 Å². The van der Waals surface area contributed by atoms with E-state index in [4.69, 9.17) is 0 Å². The lowest BCUT2D eigenvalue weighted by Gasteiger charge is -2.33. The van der Waals surface area contributed by atoms with Crippen molar-refractivity contribution >= 4 is 17.6 Å². The molecule has 0 unspecified atom stereocenters. The number of carboxylic acid groups (broad SMARTS) is 1. The molecule has 0 bridgehead atoms. The third-order valence-electron chi connectivity index (χ3n) is 4.35. The number of rotatable bonds is 4. The van der Waals surface area contributed by atoms with Gasteiger partial charge < -0.3 is 14.9 Å². The van der Waals surface area contributed by atoms with Gasteiger partial charge in [-0.3, -0.25) is 4.90 Å². The number of benzene rings is 1. The van der Waals surface area contributed by atoms with Crippen LogP contribution in [0.15, 0.2) is 42.6 Å². The number of anilines is 2. The van der Waals surface area contributed by atoms with Crippen molar-refractivity contribution in [3.8, 4) is 0 Å². The summed E-state index contributed by atoms with van der Waals surface area (Å²) in [6, 6.07) is 9.22. The fourth-order valence-electron chi connectivity index (χ4n) is 2.81. The summed E-state index contributed by atoms with van der Waals surface area (Å²) < 4.78 is 13.0. The Morgan fingerprint density at radius 3 is 2.40 bits per heavy atom. The Kier molecular flexibility index (Phi) is 5.14. The van der Waals surface area contributed by atoms with Gasteiger partial charge in [0.25, 0.3) is 0 Å². The predicted molar refractivity (Wildman–Crippen MR) is 94.6 cm³/mol. The SMILES string of the molecule is CN1CCN(c2ccc(CN(C(=O)O)c3ccc(F)cc3)cn2)CC1. The number of halogens is 1. The average molecular weight is 344 g/mol. The van der Waals surface area contributed by atoms with Gasteiger partial charge in [0, 0.05) is 38.1 Å². The number of carbonyl (C=O) groups is 1. The molecule has 0 saturated carbocycles. The molecule has 3 rings (SSSR count). The van der Waals surface area contributed by atoms with Crippen LogP contribution in [0, 0.1) is 5.82 Å². The highest BCUT2D eigenvalue weighted by molar-refractivity contribution is 5.85. The molecule has 0 spiro atoms. The van der Waals surface area contributed by atoms with Crippen LogP contribution in [0.1, 0.15) is 5.56 Å². The largest absolute Gasteiger partial charge is 0.465 e. The molecule has 1 fully saturated rings. The smallest absolute Gasteiger partial charge is 0.412 e. The van der Waals surface area contributed by atoms with Crippen LogP contribution in [-0.2, 0) is 6.54 Å². The standard InChI is InChI=1S/C18H21FN4O2/c1-21-8-10-22(11-9-21)17-7-2-14(12-20-17)13-23(18(24)25)16-5-3-15(19)4-6-16/h2-7,12H,8-11,13H2,1H3,(H,24,25). The maximum Gasteiger partial charge on any atom is 0.412 e. The zero-order valence-electron chi connectivity index (χ0n) is 14.1. The Hall–Kier alpha value is -2.67. The Balaban J connectivity index is 1.70. The van der Waals surface area contributed by atoms with E-state index >= 15 is 0 Å². The van der Waals surface area contributed by atoms with Crippen molar-refractivity contribution in [2.45, 2.75) is 6.54 Å². The van der Waals surface area contributed by atoms with E-state index in [2.05, 4.69) is 21.8 Å². The normalized spacial score (nSPS) is 15.2. The van der Waals surface area contributed by atoms with Gasteiger partial charge in [-0.05, 0) is 42.9 Å². The maximum absolute atomic E-state index is 13.0. The highest BCUT2D eigenvalue weighted by Gasteiger charge is 2.17. The predicted octanol–water partition coefficient (Wildman–Crippen LogP) is 2.66. The Labute approximate surface area is 146 Å². The zero-order chi connectivity index (χ0) is 17.8. The fourth-order valence-corrected chi connectivity index (χ4v) is 2.81. The molecule has 7 heteroatoms. The van der Waals surface area contributed by atoms with Crippen LogP contribution in [0.3, 0.4) is 0 Å². The monoisotopic (exact) mass is 344 g/mol. The van der Waals surface area contributed by atoms with E-state index in [9.17, 15) is 14.3 Å². The second kappa shape index (κ2) is 7.48. The number of hydrogen-bond donors (Lipinski definition) is 1. The molecule has 1 saturated heterocycles. The van der Waals surface area contributed by atoms with Crippen LogP contribution < -0.4 is 9.80 Å². The number of piperazine rings is 1. The number of amides is 1. The third kappa shape index (κ3) is 4.24. The third-order valence-corrected chi connectivity index (χ3v) is 4.35. The molecule has 1 amide bonds. The van der Waals surface area contributed by atoms with E-state index in [-0.39, 0.29) is 6.54 Å². The first-order valence-corrected chi connectivity index (χ1v) is 8.17. The number of likely N-dealkylation sites (N-methyl/N-ethyl adjacent to an activating group) is 1. The first-order valence-electron chi connectivity index (χ1n) is 8.17. The van der Waals surface area contributed by atoms with Crippen LogP contribution in [0.5, 0.6) is 0 Å². The summed E-state index contributed by atoms with van der Waals surface area (Å²) in [5.74, 6) is 0.507. The quantitative estimate of drug-likeness (QED) is 0.924. The summed E-state index contributed by atoms with van der Waals surface area (Å²) >= 11 is 0. The van der Waals surface area contributed by atoms with Crippen molar-refractivity contribution in [3.05, 3.63) is 54.0 Å². The molecule has 2 aromatic rings. The van der Waals surface area contributed by atoms with Gasteiger partial charge >= 0.3 is 6.09 Å². The van der Waals surface area contributed by atoms with Crippen molar-refractivity contribution < 1.29 is 14.3 Å². The lowest BCUT2D eigenvalue weighted by atomic mass is 10.2. The molecule has 1 aliphatic rings. The zero-order valence-corrected chi connectivity index (χ0v) is 14.1. The number of hydrogen-bond acceptors (Lipinski definition) is 4. The number of aromatic nitrogens is 1. The minimum absolute atomic E-state index is 0.164. The summed E-state index contributed by atoms with van der Waals surface area (Å²) in [5.41, 5.74) is 1.21. The highest BCUT2D eigenvalue weighted by Crippen LogP contribution is 2.19. The summed E-state index contributed by atoms with van der Waals surface area (Å²) in [6.45, 7) is 4.03. The lowest BCUT2D eigenvalue weighted by molar-refractivity contribution is 0.201. The minimum Gasteiger partial charge on any atom is -0.465 e. The van der Waals surface area contributed by atoms with E-state index < -0.39 is 11.9 Å². The molecular weight excluding hydrogens is 323 g/mol. The van der Waals surface area contributed by atoms with Crippen LogP contribution >= 0.6 is 0 Å². The van der Waals surface area contributed by atoms with Crippen molar-refractivity contribution in [3.63, 3.8) is 0 Å². The van der Waals surface area contributed by atoms with Gasteiger partial charge in [-0.15, -0.1) is 0 Å². The van der Waals surface area contributed by atoms with Crippen molar-refractivity contribution in [1.82, 2.24) is 9.88 Å². The highest BCUT2D eigenvalue weighted by atomic mass is 19.1. The summed E-state index contributed by atoms with van der Waals surface area (Å²) in [5, 5.41) is 9.44. The van der Waals surface area contributed by atoms with Gasteiger partial charge in [0.2, 0.25) is 0 Å². The molecule has 1 aromatic heterocycles. The number of nitrogens with zero attached hydrogens (tertiary/aromatic N) is 4. The van der Waals surface area contributed by atoms with Crippen LogP contribution in [0.25, 0.3) is 0 Å². The number of pyridine rings is 1. The van der Waals surface area contributed by atoms with Crippen LogP contribution in [-0.4, -0.2) is 54.3 Å². The molecule has 0 aliphatic carbocycles. The van der Waals surface area contributed by atoms with Gasteiger partial charge in [-0.1, -0.05) is 6.07 Å². The maximum atomic E-state index is 13.0. The van der Waals surface area contributed by atoms with Gasteiger partial charge in [0.1, 0.15) is 11.6 Å². The molecule has 1 aliphatic heterocycles. The van der Waals surface area contributed by atoms with Gasteiger partial charge in [-0.25, -0.2) is 14.2 Å². The van der Waals surface area contributed by atoms with E-state index in [1.54, 1.807) is 6.20 Å². The fraction of sp³-hybridized carbons (Fsp3) is 0.333. The van der Waals surface area contributed by atoms with Crippen LogP contribution in [0.4, 0.5) is 20.7 Å². The Morgan fingerprint density at radius 2 is 1.84 bits per heavy atom. The Morgan fingerprint density at radius 1 is 1.16 bits per heavy atom. The second-order valence-electron chi connectivity index (χ2n) is 6.16. The van der Waals surface area contributed by atoms with E-state index in [1.807, 2.05) is 12.1 Å². The molecule has 1 N–H and O–H groups in total. The molecule has 2 heterocycles. The average Bonchev–Trinajstić information content (AvgIpc) is 2.62. The second-order valence-corrected chi connectivity index (χ2v) is 6.16. The molecular formula is C18H21FN4O2. The first kappa shape index (κ1) is 17.2. The summed E-state index contributed by atoms with van der Waals surface area (Å²) in [4.78, 5) is 21.7. The molecule has 0 atom stereocenters. The van der Waals surface area contributed by atoms with Crippen LogP contribution in [0.2, 0.25) is 0 Å². The molecule has 6 nitrogen and oxygen atoms in total. The lowest BCUT2D eigenvalue weighted by Crippen LogP contribution is -2.44. The first-order chi connectivity index (χ1) is 12.0. The van der Waals surface area contributed by atoms with Crippen molar-refractivity contribution in [2.24, 2.45) is 0 Å². The molecule has 132 valence electrons. The summed E-state index contributed by atoms with van der Waals surface area (Å²) in [7, 11) is 2.10. The molecule has 25 heavy (non-hydrogen) atoms. The van der Waals surface area contributed by atoms with Gasteiger partial charge in [0.15, 0.2) is 0 Å². The Bertz CT molecular complexity index is 713. The van der Waals surface area contributed by atoms with Crippen molar-refractivity contribution in [2.75, 3.05) is 43.0 Å². The van der Waals surface area contributed by atoms with E-state index in [0.29, 0.717) is 5.69 Å². The van der Waals surface area contributed by atoms with Crippen molar-refractivity contribution in [1.29, 1.82) is 0 Å². The minimum atomic E-state index is -1.09.